The molecular weight excluding hydrogens is 152 g/mol. The molecule has 4 N–H and O–H groups in total. The molecule has 0 aliphatic carbocycles. The Hall–Kier alpha value is -1.46. The molecule has 0 saturated heterocycles. The van der Waals surface area contributed by atoms with E-state index in [0.717, 1.165) is 0 Å². The summed E-state index contributed by atoms with van der Waals surface area (Å²) in [6, 6.07) is 0. The zero-order valence-electron chi connectivity index (χ0n) is 5.83. The van der Waals surface area contributed by atoms with E-state index >= 15 is 0 Å². The first kappa shape index (κ1) is 9.54. The van der Waals surface area contributed by atoms with E-state index in [4.69, 9.17) is 10.2 Å². The molecule has 0 bridgehead atoms. The molecule has 11 heavy (non-hydrogen) atoms. The molecular formula is C5H10N2O4. The fourth-order valence-corrected chi connectivity index (χ4v) is 0.479. The fourth-order valence-electron chi connectivity index (χ4n) is 0.479. The first-order valence-electron chi connectivity index (χ1n) is 3.06. The fraction of sp³-hybridized carbons (Fsp3) is 0.600. The molecule has 0 aliphatic rings. The molecule has 0 fully saturated rings. The molecule has 0 unspecified atom stereocenters. The summed E-state index contributed by atoms with van der Waals surface area (Å²) in [6.07, 6.45) is -1.74. The van der Waals surface area contributed by atoms with E-state index in [2.05, 4.69) is 10.6 Å². The van der Waals surface area contributed by atoms with Gasteiger partial charge in [0.2, 0.25) is 0 Å². The van der Waals surface area contributed by atoms with Gasteiger partial charge < -0.3 is 20.8 Å². The van der Waals surface area contributed by atoms with Crippen LogP contribution in [0.15, 0.2) is 0 Å². The summed E-state index contributed by atoms with van der Waals surface area (Å²) in [5, 5.41) is 20.4. The molecule has 0 radical (unpaired) electrons. The second kappa shape index (κ2) is 5.33. The smallest absolute Gasteiger partial charge is 0.404 e. The zero-order valence-corrected chi connectivity index (χ0v) is 5.83. The molecule has 0 aliphatic heterocycles. The Balaban J connectivity index is 3.03. The van der Waals surface area contributed by atoms with Crippen LogP contribution < -0.4 is 10.6 Å². The van der Waals surface area contributed by atoms with Gasteiger partial charge in [-0.1, -0.05) is 0 Å². The number of hydrogen-bond donors (Lipinski definition) is 4. The van der Waals surface area contributed by atoms with Crippen LogP contribution in [0.2, 0.25) is 0 Å². The average Bonchev–Trinajstić information content (AvgIpc) is 1.85. The van der Waals surface area contributed by atoms with Gasteiger partial charge in [0.25, 0.3) is 0 Å². The minimum Gasteiger partial charge on any atom is -0.465 e. The van der Waals surface area contributed by atoms with Crippen molar-refractivity contribution in [1.82, 2.24) is 10.6 Å². The van der Waals surface area contributed by atoms with E-state index in [1.807, 2.05) is 0 Å². The summed E-state index contributed by atoms with van der Waals surface area (Å²) in [6.45, 7) is 0.519. The van der Waals surface area contributed by atoms with Crippen LogP contribution in [0.3, 0.4) is 0 Å². The van der Waals surface area contributed by atoms with Gasteiger partial charge in [-0.05, 0) is 6.42 Å². The van der Waals surface area contributed by atoms with Crippen LogP contribution in [0.1, 0.15) is 6.42 Å². The number of rotatable bonds is 4. The van der Waals surface area contributed by atoms with E-state index in [-0.39, 0.29) is 13.1 Å². The number of carboxylic acid groups (broad SMARTS) is 2. The lowest BCUT2D eigenvalue weighted by atomic mass is 10.4. The molecule has 0 atom stereocenters. The van der Waals surface area contributed by atoms with E-state index in [1.165, 1.54) is 0 Å². The molecule has 0 rings (SSSR count). The standard InChI is InChI=1S/C5H10N2O4/c8-4(9)6-2-1-3-7-5(10)11/h6-7H,1-3H2,(H,8,9)(H,10,11). The quantitative estimate of drug-likeness (QED) is 0.434. The highest BCUT2D eigenvalue weighted by atomic mass is 16.4. The van der Waals surface area contributed by atoms with Gasteiger partial charge >= 0.3 is 12.2 Å². The van der Waals surface area contributed by atoms with Crippen LogP contribution in [-0.4, -0.2) is 35.5 Å². The number of hydrogen-bond acceptors (Lipinski definition) is 2. The Morgan fingerprint density at radius 2 is 1.36 bits per heavy atom. The summed E-state index contributed by atoms with van der Waals surface area (Å²) in [5.41, 5.74) is 0. The second-order valence-electron chi connectivity index (χ2n) is 1.82. The highest BCUT2D eigenvalue weighted by molar-refractivity contribution is 5.64. The van der Waals surface area contributed by atoms with E-state index < -0.39 is 12.2 Å². The summed E-state index contributed by atoms with van der Waals surface area (Å²) in [4.78, 5) is 19.7. The van der Waals surface area contributed by atoms with Crippen LogP contribution in [0.5, 0.6) is 0 Å². The topological polar surface area (TPSA) is 98.7 Å². The van der Waals surface area contributed by atoms with Gasteiger partial charge in [-0.3, -0.25) is 0 Å². The van der Waals surface area contributed by atoms with Crippen molar-refractivity contribution in [3.63, 3.8) is 0 Å². The van der Waals surface area contributed by atoms with Crippen LogP contribution >= 0.6 is 0 Å². The minimum atomic E-state index is -1.10. The lowest BCUT2D eigenvalue weighted by Gasteiger charge is -2.00. The number of nitrogens with one attached hydrogen (secondary N) is 2. The molecule has 6 heteroatoms. The second-order valence-corrected chi connectivity index (χ2v) is 1.82. The van der Waals surface area contributed by atoms with Crippen molar-refractivity contribution in [2.45, 2.75) is 6.42 Å². The van der Waals surface area contributed by atoms with E-state index in [0.29, 0.717) is 6.42 Å². The van der Waals surface area contributed by atoms with Crippen molar-refractivity contribution in [3.05, 3.63) is 0 Å². The summed E-state index contributed by atoms with van der Waals surface area (Å²) in [7, 11) is 0. The summed E-state index contributed by atoms with van der Waals surface area (Å²) < 4.78 is 0. The third-order valence-electron chi connectivity index (χ3n) is 0.906. The predicted octanol–water partition coefficient (Wildman–Crippen LogP) is -0.0883. The maximum absolute atomic E-state index is 9.85. The lowest BCUT2D eigenvalue weighted by Crippen LogP contribution is -2.27. The molecule has 0 heterocycles. The first-order valence-corrected chi connectivity index (χ1v) is 3.06. The van der Waals surface area contributed by atoms with E-state index in [1.54, 1.807) is 0 Å². The molecule has 0 aromatic rings. The Bertz CT molecular complexity index is 131. The van der Waals surface area contributed by atoms with Crippen molar-refractivity contribution < 1.29 is 19.8 Å². The van der Waals surface area contributed by atoms with Crippen molar-refractivity contribution in [2.24, 2.45) is 0 Å². The normalized spacial score (nSPS) is 8.73. The Labute approximate surface area is 63.2 Å². The number of amides is 2. The minimum absolute atomic E-state index is 0.260. The molecule has 0 saturated carbocycles. The third-order valence-corrected chi connectivity index (χ3v) is 0.906. The molecule has 0 aromatic heterocycles. The SMILES string of the molecule is O=C(O)NCCCNC(=O)O. The molecule has 2 amide bonds. The van der Waals surface area contributed by atoms with Crippen molar-refractivity contribution >= 4 is 12.2 Å². The van der Waals surface area contributed by atoms with Gasteiger partial charge in [0.05, 0.1) is 0 Å². The maximum Gasteiger partial charge on any atom is 0.404 e. The average molecular weight is 162 g/mol. The van der Waals surface area contributed by atoms with Gasteiger partial charge in [0.1, 0.15) is 0 Å². The van der Waals surface area contributed by atoms with E-state index in [9.17, 15) is 9.59 Å². The maximum atomic E-state index is 9.85. The third kappa shape index (κ3) is 8.54. The van der Waals surface area contributed by atoms with Gasteiger partial charge in [-0.15, -0.1) is 0 Å². The lowest BCUT2D eigenvalue weighted by molar-refractivity contribution is 0.193. The largest absolute Gasteiger partial charge is 0.465 e. The Morgan fingerprint density at radius 3 is 1.64 bits per heavy atom. The highest BCUT2D eigenvalue weighted by Crippen LogP contribution is 1.73. The van der Waals surface area contributed by atoms with Crippen molar-refractivity contribution in [1.29, 1.82) is 0 Å². The Kier molecular flexibility index (Phi) is 4.63. The molecule has 0 aromatic carbocycles. The van der Waals surface area contributed by atoms with Crippen molar-refractivity contribution in [3.8, 4) is 0 Å². The summed E-state index contributed by atoms with van der Waals surface area (Å²) >= 11 is 0. The molecule has 0 spiro atoms. The van der Waals surface area contributed by atoms with Gasteiger partial charge in [-0.25, -0.2) is 9.59 Å². The van der Waals surface area contributed by atoms with Crippen LogP contribution in [-0.2, 0) is 0 Å². The highest BCUT2D eigenvalue weighted by Gasteiger charge is 1.94. The zero-order chi connectivity index (χ0) is 8.69. The molecule has 64 valence electrons. The number of carbonyl (C=O) groups is 2. The summed E-state index contributed by atoms with van der Waals surface area (Å²) in [5.74, 6) is 0. The van der Waals surface area contributed by atoms with Gasteiger partial charge in [-0.2, -0.15) is 0 Å². The monoisotopic (exact) mass is 162 g/mol. The van der Waals surface area contributed by atoms with Crippen LogP contribution in [0.25, 0.3) is 0 Å². The predicted molar refractivity (Wildman–Crippen MR) is 36.7 cm³/mol. The van der Waals surface area contributed by atoms with Gasteiger partial charge in [0, 0.05) is 13.1 Å². The Morgan fingerprint density at radius 1 is 1.00 bits per heavy atom. The van der Waals surface area contributed by atoms with Crippen LogP contribution in [0.4, 0.5) is 9.59 Å². The van der Waals surface area contributed by atoms with Gasteiger partial charge in [0.15, 0.2) is 0 Å². The molecule has 6 nitrogen and oxygen atoms in total. The van der Waals surface area contributed by atoms with Crippen LogP contribution in [0, 0.1) is 0 Å². The first-order chi connectivity index (χ1) is 5.13. The van der Waals surface area contributed by atoms with Crippen molar-refractivity contribution in [2.75, 3.05) is 13.1 Å².